The van der Waals surface area contributed by atoms with Crippen LogP contribution in [0.1, 0.15) is 31.2 Å². The Labute approximate surface area is 112 Å². The number of ketones is 1. The lowest BCUT2D eigenvalue weighted by Gasteiger charge is -2.30. The molecule has 1 aliphatic carbocycles. The first-order valence-electron chi connectivity index (χ1n) is 6.30. The summed E-state index contributed by atoms with van der Waals surface area (Å²) < 4.78 is 10.5. The number of benzene rings is 1. The maximum atomic E-state index is 11.7. The first-order chi connectivity index (χ1) is 9.15. The van der Waals surface area contributed by atoms with Crippen LogP contribution in [-0.4, -0.2) is 20.0 Å². The van der Waals surface area contributed by atoms with Gasteiger partial charge < -0.3 is 9.47 Å². The Balaban J connectivity index is 2.44. The first-order valence-corrected chi connectivity index (χ1v) is 6.30. The average Bonchev–Trinajstić information content (AvgIpc) is 2.46. The van der Waals surface area contributed by atoms with E-state index in [1.165, 1.54) is 0 Å². The highest BCUT2D eigenvalue weighted by molar-refractivity contribution is 5.81. The van der Waals surface area contributed by atoms with Gasteiger partial charge in [-0.25, -0.2) is 0 Å². The molecule has 1 unspecified atom stereocenters. The standard InChI is InChI=1S/C15H17NO3/c1-18-13-6-5-11(8-14(13)19-2)15(10-16)7-3-4-12(17)9-15/h5-6,8H,3-4,7,9H2,1-2H3. The molecular weight excluding hydrogens is 242 g/mol. The Bertz CT molecular complexity index is 533. The number of nitriles is 1. The Hall–Kier alpha value is -2.02. The van der Waals surface area contributed by atoms with Crippen molar-refractivity contribution in [3.8, 4) is 17.6 Å². The minimum Gasteiger partial charge on any atom is -0.493 e. The number of Topliss-reactive ketones (excluding diaryl/α,β-unsaturated/α-hetero) is 1. The lowest BCUT2D eigenvalue weighted by molar-refractivity contribution is -0.121. The molecule has 0 N–H and O–H groups in total. The highest BCUT2D eigenvalue weighted by atomic mass is 16.5. The summed E-state index contributed by atoms with van der Waals surface area (Å²) in [5.41, 5.74) is 0.121. The highest BCUT2D eigenvalue weighted by Gasteiger charge is 2.38. The van der Waals surface area contributed by atoms with Crippen molar-refractivity contribution in [1.82, 2.24) is 0 Å². The van der Waals surface area contributed by atoms with Crippen molar-refractivity contribution in [2.75, 3.05) is 14.2 Å². The van der Waals surface area contributed by atoms with Crippen LogP contribution in [0.2, 0.25) is 0 Å². The molecule has 1 fully saturated rings. The molecule has 1 atom stereocenters. The summed E-state index contributed by atoms with van der Waals surface area (Å²) in [6.07, 6.45) is 2.35. The largest absolute Gasteiger partial charge is 0.493 e. The third-order valence-corrected chi connectivity index (χ3v) is 3.71. The second-order valence-electron chi connectivity index (χ2n) is 4.83. The minimum atomic E-state index is -0.713. The van der Waals surface area contributed by atoms with E-state index in [9.17, 15) is 10.1 Å². The molecule has 0 heterocycles. The van der Waals surface area contributed by atoms with Crippen LogP contribution in [0, 0.1) is 11.3 Å². The van der Waals surface area contributed by atoms with E-state index in [1.807, 2.05) is 6.07 Å². The van der Waals surface area contributed by atoms with Crippen molar-refractivity contribution in [2.45, 2.75) is 31.1 Å². The molecule has 100 valence electrons. The summed E-state index contributed by atoms with van der Waals surface area (Å²) in [4.78, 5) is 11.7. The van der Waals surface area contributed by atoms with Gasteiger partial charge in [0.1, 0.15) is 5.78 Å². The van der Waals surface area contributed by atoms with Crippen molar-refractivity contribution in [3.05, 3.63) is 23.8 Å². The van der Waals surface area contributed by atoms with E-state index in [-0.39, 0.29) is 5.78 Å². The normalized spacial score (nSPS) is 22.7. The molecule has 0 radical (unpaired) electrons. The van der Waals surface area contributed by atoms with E-state index in [1.54, 1.807) is 26.4 Å². The topological polar surface area (TPSA) is 59.3 Å². The fourth-order valence-electron chi connectivity index (χ4n) is 2.64. The number of methoxy groups -OCH3 is 2. The van der Waals surface area contributed by atoms with Crippen LogP contribution < -0.4 is 9.47 Å². The van der Waals surface area contributed by atoms with Gasteiger partial charge in [0.05, 0.1) is 25.7 Å². The molecule has 1 saturated carbocycles. The predicted octanol–water partition coefficient (Wildman–Crippen LogP) is 2.61. The molecule has 0 bridgehead atoms. The van der Waals surface area contributed by atoms with E-state index in [0.717, 1.165) is 12.0 Å². The van der Waals surface area contributed by atoms with Crippen LogP contribution in [0.3, 0.4) is 0 Å². The van der Waals surface area contributed by atoms with Gasteiger partial charge in [-0.05, 0) is 30.5 Å². The smallest absolute Gasteiger partial charge is 0.161 e. The summed E-state index contributed by atoms with van der Waals surface area (Å²) in [5, 5.41) is 9.53. The van der Waals surface area contributed by atoms with Gasteiger partial charge in [-0.15, -0.1) is 0 Å². The van der Waals surface area contributed by atoms with Crippen molar-refractivity contribution in [1.29, 1.82) is 5.26 Å². The zero-order valence-electron chi connectivity index (χ0n) is 11.2. The maximum absolute atomic E-state index is 11.7. The molecule has 0 amide bonds. The van der Waals surface area contributed by atoms with Crippen LogP contribution >= 0.6 is 0 Å². The van der Waals surface area contributed by atoms with E-state index in [4.69, 9.17) is 9.47 Å². The summed E-state index contributed by atoms with van der Waals surface area (Å²) in [7, 11) is 3.13. The third-order valence-electron chi connectivity index (χ3n) is 3.71. The first kappa shape index (κ1) is 13.4. The van der Waals surface area contributed by atoms with Crippen LogP contribution in [0.25, 0.3) is 0 Å². The monoisotopic (exact) mass is 259 g/mol. The van der Waals surface area contributed by atoms with Crippen LogP contribution in [0.5, 0.6) is 11.5 Å². The summed E-state index contributed by atoms with van der Waals surface area (Å²) in [6, 6.07) is 7.78. The minimum absolute atomic E-state index is 0.155. The van der Waals surface area contributed by atoms with Crippen molar-refractivity contribution in [3.63, 3.8) is 0 Å². The Morgan fingerprint density at radius 1 is 1.26 bits per heavy atom. The molecule has 0 saturated heterocycles. The fourth-order valence-corrected chi connectivity index (χ4v) is 2.64. The molecule has 0 aromatic heterocycles. The number of ether oxygens (including phenoxy) is 2. The molecule has 1 aliphatic rings. The van der Waals surface area contributed by atoms with Crippen LogP contribution in [-0.2, 0) is 10.2 Å². The highest BCUT2D eigenvalue weighted by Crippen LogP contribution is 2.40. The molecule has 1 aromatic rings. The molecule has 19 heavy (non-hydrogen) atoms. The van der Waals surface area contributed by atoms with Gasteiger partial charge in [0.2, 0.25) is 0 Å². The quantitative estimate of drug-likeness (QED) is 0.837. The van der Waals surface area contributed by atoms with Crippen molar-refractivity contribution < 1.29 is 14.3 Å². The predicted molar refractivity (Wildman–Crippen MR) is 70.3 cm³/mol. The molecule has 2 rings (SSSR count). The van der Waals surface area contributed by atoms with Gasteiger partial charge in [0.15, 0.2) is 11.5 Å². The van der Waals surface area contributed by atoms with Crippen molar-refractivity contribution in [2.24, 2.45) is 0 Å². The maximum Gasteiger partial charge on any atom is 0.161 e. The summed E-state index contributed by atoms with van der Waals surface area (Å²) >= 11 is 0. The van der Waals surface area contributed by atoms with E-state index < -0.39 is 5.41 Å². The lowest BCUT2D eigenvalue weighted by atomic mass is 9.70. The van der Waals surface area contributed by atoms with Crippen molar-refractivity contribution >= 4 is 5.78 Å². The number of carbonyl (C=O) groups is 1. The Morgan fingerprint density at radius 2 is 2.00 bits per heavy atom. The lowest BCUT2D eigenvalue weighted by Crippen LogP contribution is -2.31. The zero-order chi connectivity index (χ0) is 13.9. The van der Waals surface area contributed by atoms with Gasteiger partial charge >= 0.3 is 0 Å². The SMILES string of the molecule is COc1ccc(C2(C#N)CCCC(=O)C2)cc1OC. The van der Waals surface area contributed by atoms with E-state index in [2.05, 4.69) is 6.07 Å². The summed E-state index contributed by atoms with van der Waals surface area (Å²) in [6.45, 7) is 0. The van der Waals surface area contributed by atoms with Gasteiger partial charge in [-0.3, -0.25) is 4.79 Å². The number of nitrogens with zero attached hydrogens (tertiary/aromatic N) is 1. The Kier molecular flexibility index (Phi) is 3.75. The van der Waals surface area contributed by atoms with Crippen LogP contribution in [0.4, 0.5) is 0 Å². The molecule has 4 heteroatoms. The van der Waals surface area contributed by atoms with Gasteiger partial charge in [0.25, 0.3) is 0 Å². The number of carbonyl (C=O) groups excluding carboxylic acids is 1. The molecule has 1 aromatic carbocycles. The second kappa shape index (κ2) is 5.31. The van der Waals surface area contributed by atoms with Gasteiger partial charge in [0, 0.05) is 12.8 Å². The van der Waals surface area contributed by atoms with Gasteiger partial charge in [-0.2, -0.15) is 5.26 Å². The molecular formula is C15H17NO3. The third kappa shape index (κ3) is 2.41. The van der Waals surface area contributed by atoms with E-state index in [0.29, 0.717) is 30.8 Å². The van der Waals surface area contributed by atoms with Gasteiger partial charge in [-0.1, -0.05) is 6.07 Å². The fraction of sp³-hybridized carbons (Fsp3) is 0.467. The van der Waals surface area contributed by atoms with E-state index >= 15 is 0 Å². The average molecular weight is 259 g/mol. The number of hydrogen-bond donors (Lipinski definition) is 0. The molecule has 0 spiro atoms. The van der Waals surface area contributed by atoms with Crippen LogP contribution in [0.15, 0.2) is 18.2 Å². The summed E-state index contributed by atoms with van der Waals surface area (Å²) in [5.74, 6) is 1.37. The number of hydrogen-bond acceptors (Lipinski definition) is 4. The molecule has 4 nitrogen and oxygen atoms in total. The number of rotatable bonds is 3. The zero-order valence-corrected chi connectivity index (χ0v) is 11.2. The molecule has 0 aliphatic heterocycles. The second-order valence-corrected chi connectivity index (χ2v) is 4.83. The Morgan fingerprint density at radius 3 is 2.58 bits per heavy atom.